The summed E-state index contributed by atoms with van der Waals surface area (Å²) in [5.74, 6) is 0.0269. The zero-order valence-corrected chi connectivity index (χ0v) is 19.6. The fourth-order valence-electron chi connectivity index (χ4n) is 4.76. The summed E-state index contributed by atoms with van der Waals surface area (Å²) in [6.07, 6.45) is 1.86. The van der Waals surface area contributed by atoms with Gasteiger partial charge in [-0.25, -0.2) is 4.98 Å². The number of aromatic nitrogens is 1. The molecule has 4 rings (SSSR count). The van der Waals surface area contributed by atoms with E-state index >= 15 is 0 Å². The van der Waals surface area contributed by atoms with Gasteiger partial charge in [0.1, 0.15) is 5.82 Å². The Morgan fingerprint density at radius 3 is 2.45 bits per heavy atom. The lowest BCUT2D eigenvalue weighted by atomic mass is 9.74. The minimum absolute atomic E-state index is 0.0322. The van der Waals surface area contributed by atoms with Crippen LogP contribution in [0, 0.1) is 5.41 Å². The predicted molar refractivity (Wildman–Crippen MR) is 129 cm³/mol. The Balaban J connectivity index is 1.75. The number of hydrogen-bond donors (Lipinski definition) is 1. The van der Waals surface area contributed by atoms with Crippen molar-refractivity contribution >= 4 is 23.6 Å². The van der Waals surface area contributed by atoms with Crippen LogP contribution in [-0.2, 0) is 9.59 Å². The fourth-order valence-corrected chi connectivity index (χ4v) is 4.76. The summed E-state index contributed by atoms with van der Waals surface area (Å²) in [7, 11) is 2.12. The van der Waals surface area contributed by atoms with Gasteiger partial charge in [0, 0.05) is 43.7 Å². The zero-order chi connectivity index (χ0) is 23.6. The number of benzene rings is 1. The molecule has 2 fully saturated rings. The lowest BCUT2D eigenvalue weighted by molar-refractivity contribution is -0.141. The molecular formula is C26H32N4O3. The number of aliphatic carboxylic acids is 1. The van der Waals surface area contributed by atoms with Crippen LogP contribution >= 0.6 is 0 Å². The number of likely N-dealkylation sites (N-methyl/N-ethyl adjacent to an activating group) is 1. The molecule has 7 heteroatoms. The number of hydrogen-bond acceptors (Lipinski definition) is 6. The molecule has 1 unspecified atom stereocenters. The quantitative estimate of drug-likeness (QED) is 0.705. The molecule has 1 N–H and O–H groups in total. The maximum absolute atomic E-state index is 13.6. The number of pyridine rings is 1. The van der Waals surface area contributed by atoms with Gasteiger partial charge in [-0.15, -0.1) is 0 Å². The summed E-state index contributed by atoms with van der Waals surface area (Å²) in [6, 6.07) is 15.1. The Kier molecular flexibility index (Phi) is 6.63. The number of piperazine rings is 1. The van der Waals surface area contributed by atoms with Crippen molar-refractivity contribution in [1.29, 1.82) is 0 Å². The maximum Gasteiger partial charge on any atom is 0.317 e. The number of carboxylic acid groups (broad SMARTS) is 1. The summed E-state index contributed by atoms with van der Waals surface area (Å²) in [5, 5.41) is 9.57. The topological polar surface area (TPSA) is 77.0 Å². The van der Waals surface area contributed by atoms with Crippen LogP contribution in [0.5, 0.6) is 0 Å². The third-order valence-electron chi connectivity index (χ3n) is 6.48. The molecule has 2 aromatic rings. The highest BCUT2D eigenvalue weighted by molar-refractivity contribution is 6.05. The molecule has 33 heavy (non-hydrogen) atoms. The molecule has 0 aliphatic carbocycles. The van der Waals surface area contributed by atoms with Crippen molar-refractivity contribution < 1.29 is 14.7 Å². The number of piperidine rings is 1. The largest absolute Gasteiger partial charge is 0.480 e. The number of carbonyl (C=O) groups excluding carboxylic acids is 1. The number of ketones is 1. The van der Waals surface area contributed by atoms with Gasteiger partial charge in [-0.1, -0.05) is 50.2 Å². The number of carbonyl (C=O) groups is 2. The van der Waals surface area contributed by atoms with Gasteiger partial charge < -0.3 is 14.9 Å². The number of carboxylic acids is 1. The maximum atomic E-state index is 13.6. The van der Waals surface area contributed by atoms with E-state index in [4.69, 9.17) is 4.98 Å². The van der Waals surface area contributed by atoms with Crippen LogP contribution in [0.3, 0.4) is 0 Å². The summed E-state index contributed by atoms with van der Waals surface area (Å²) in [5.41, 5.74) is 1.51. The van der Waals surface area contributed by atoms with Gasteiger partial charge in [0.2, 0.25) is 0 Å². The van der Waals surface area contributed by atoms with Gasteiger partial charge in [0.15, 0.2) is 5.78 Å². The molecule has 2 aliphatic rings. The van der Waals surface area contributed by atoms with Crippen molar-refractivity contribution in [3.05, 3.63) is 65.4 Å². The molecule has 0 amide bonds. The molecule has 7 nitrogen and oxygen atoms in total. The summed E-state index contributed by atoms with van der Waals surface area (Å²) in [6.45, 7) is 7.80. The third-order valence-corrected chi connectivity index (χ3v) is 6.48. The molecule has 3 heterocycles. The van der Waals surface area contributed by atoms with Crippen LogP contribution < -0.4 is 4.90 Å². The van der Waals surface area contributed by atoms with Crippen molar-refractivity contribution in [1.82, 2.24) is 14.8 Å². The lowest BCUT2D eigenvalue weighted by Crippen LogP contribution is -2.50. The molecule has 1 aromatic heterocycles. The molecular weight excluding hydrogens is 416 g/mol. The van der Waals surface area contributed by atoms with Crippen LogP contribution in [0.15, 0.2) is 54.1 Å². The van der Waals surface area contributed by atoms with Gasteiger partial charge >= 0.3 is 5.97 Å². The normalized spacial score (nSPS) is 23.1. The molecule has 0 spiro atoms. The predicted octanol–water partition coefficient (Wildman–Crippen LogP) is 2.95. The monoisotopic (exact) mass is 448 g/mol. The van der Waals surface area contributed by atoms with Gasteiger partial charge in [0.05, 0.1) is 18.3 Å². The van der Waals surface area contributed by atoms with Crippen LogP contribution in [0.1, 0.15) is 31.1 Å². The Hall–Kier alpha value is -3.03. The van der Waals surface area contributed by atoms with Crippen molar-refractivity contribution in [2.24, 2.45) is 5.41 Å². The molecule has 1 atom stereocenters. The van der Waals surface area contributed by atoms with Gasteiger partial charge in [-0.3, -0.25) is 14.5 Å². The molecule has 0 saturated carbocycles. The first-order valence-corrected chi connectivity index (χ1v) is 11.4. The Morgan fingerprint density at radius 2 is 1.79 bits per heavy atom. The number of anilines is 1. The fraction of sp³-hybridized carbons (Fsp3) is 0.423. The number of nitrogens with zero attached hydrogens (tertiary/aromatic N) is 4. The SMILES string of the molecule is CN1CCN(c2cccc(C=C3C(=O)C(C)(C)CN(CC(=O)O)C3c3ccccc3)n2)CC1. The summed E-state index contributed by atoms with van der Waals surface area (Å²) in [4.78, 5) is 36.6. The number of Topliss-reactive ketones (excluding diaryl/α,β-unsaturated/α-hetero) is 1. The first-order chi connectivity index (χ1) is 15.7. The van der Waals surface area contributed by atoms with Crippen LogP contribution in [0.4, 0.5) is 5.82 Å². The summed E-state index contributed by atoms with van der Waals surface area (Å²) >= 11 is 0. The van der Waals surface area contributed by atoms with Crippen LogP contribution in [0.25, 0.3) is 6.08 Å². The lowest BCUT2D eigenvalue weighted by Gasteiger charge is -2.43. The van der Waals surface area contributed by atoms with E-state index in [2.05, 4.69) is 16.8 Å². The van der Waals surface area contributed by atoms with E-state index in [0.717, 1.165) is 37.6 Å². The van der Waals surface area contributed by atoms with E-state index in [1.807, 2.05) is 73.4 Å². The van der Waals surface area contributed by atoms with E-state index in [1.165, 1.54) is 0 Å². The zero-order valence-electron chi connectivity index (χ0n) is 19.6. The first-order valence-electron chi connectivity index (χ1n) is 11.4. The smallest absolute Gasteiger partial charge is 0.317 e. The Labute approximate surface area is 195 Å². The van der Waals surface area contributed by atoms with Gasteiger partial charge in [0.25, 0.3) is 0 Å². The molecule has 174 valence electrons. The first kappa shape index (κ1) is 23.1. The third kappa shape index (κ3) is 5.15. The second kappa shape index (κ2) is 9.45. The molecule has 2 aliphatic heterocycles. The van der Waals surface area contributed by atoms with Gasteiger partial charge in [-0.2, -0.15) is 0 Å². The van der Waals surface area contributed by atoms with E-state index in [9.17, 15) is 14.7 Å². The average Bonchev–Trinajstić information content (AvgIpc) is 2.78. The number of rotatable bonds is 5. The second-order valence-electron chi connectivity index (χ2n) is 9.64. The van der Waals surface area contributed by atoms with E-state index in [1.54, 1.807) is 0 Å². The standard InChI is InChI=1S/C26H32N4O3/c1-26(2)18-30(17-23(31)32)24(19-8-5-4-6-9-19)21(25(26)33)16-20-10-7-11-22(27-20)29-14-12-28(3)13-15-29/h4-11,16,24H,12-15,17-18H2,1-3H3,(H,31,32). The minimum atomic E-state index is -0.907. The minimum Gasteiger partial charge on any atom is -0.480 e. The summed E-state index contributed by atoms with van der Waals surface area (Å²) < 4.78 is 0. The van der Waals surface area contributed by atoms with Crippen molar-refractivity contribution in [3.63, 3.8) is 0 Å². The highest BCUT2D eigenvalue weighted by atomic mass is 16.4. The highest BCUT2D eigenvalue weighted by Gasteiger charge is 2.44. The molecule has 1 aromatic carbocycles. The average molecular weight is 449 g/mol. The van der Waals surface area contributed by atoms with Crippen LogP contribution in [0.2, 0.25) is 0 Å². The van der Waals surface area contributed by atoms with E-state index in [0.29, 0.717) is 17.8 Å². The van der Waals surface area contributed by atoms with Crippen LogP contribution in [-0.4, -0.2) is 78.0 Å². The Bertz CT molecular complexity index is 1040. The molecule has 0 radical (unpaired) electrons. The van der Waals surface area contributed by atoms with Gasteiger partial charge in [-0.05, 0) is 30.8 Å². The molecule has 2 saturated heterocycles. The number of likely N-dealkylation sites (tertiary alicyclic amines) is 1. The van der Waals surface area contributed by atoms with E-state index in [-0.39, 0.29) is 12.3 Å². The Morgan fingerprint density at radius 1 is 1.09 bits per heavy atom. The second-order valence-corrected chi connectivity index (χ2v) is 9.64. The van der Waals surface area contributed by atoms with E-state index < -0.39 is 17.4 Å². The van der Waals surface area contributed by atoms with Crippen molar-refractivity contribution in [2.75, 3.05) is 51.2 Å². The van der Waals surface area contributed by atoms with Crippen molar-refractivity contribution in [3.8, 4) is 0 Å². The molecule has 0 bridgehead atoms. The highest BCUT2D eigenvalue weighted by Crippen LogP contribution is 2.41. The van der Waals surface area contributed by atoms with Crippen molar-refractivity contribution in [2.45, 2.75) is 19.9 Å².